The molecular weight excluding hydrogens is 162 g/mol. The molecule has 0 bridgehead atoms. The van der Waals surface area contributed by atoms with Crippen molar-refractivity contribution in [2.45, 2.75) is 18.9 Å². The van der Waals surface area contributed by atoms with Gasteiger partial charge in [0.15, 0.2) is 0 Å². The first-order valence-corrected chi connectivity index (χ1v) is 4.75. The van der Waals surface area contributed by atoms with E-state index in [0.717, 1.165) is 31.1 Å². The standard InChI is InChI=1S/C10H15N3/c11-9-5-8(6-9)7-13-10-3-1-2-4-12-10/h1-4,8-9H,5-7,11H2,(H,12,13). The predicted octanol–water partition coefficient (Wildman–Crippen LogP) is 1.23. The summed E-state index contributed by atoms with van der Waals surface area (Å²) in [6.07, 6.45) is 4.11. The lowest BCUT2D eigenvalue weighted by atomic mass is 9.81. The zero-order valence-electron chi connectivity index (χ0n) is 7.61. The van der Waals surface area contributed by atoms with Gasteiger partial charge in [-0.2, -0.15) is 0 Å². The summed E-state index contributed by atoms with van der Waals surface area (Å²) < 4.78 is 0. The van der Waals surface area contributed by atoms with Crippen LogP contribution in [-0.2, 0) is 0 Å². The summed E-state index contributed by atoms with van der Waals surface area (Å²) in [5.74, 6) is 1.71. The van der Waals surface area contributed by atoms with Crippen LogP contribution < -0.4 is 11.1 Å². The van der Waals surface area contributed by atoms with Crippen molar-refractivity contribution in [1.82, 2.24) is 4.98 Å². The molecular formula is C10H15N3. The van der Waals surface area contributed by atoms with Crippen LogP contribution in [0.3, 0.4) is 0 Å². The van der Waals surface area contributed by atoms with Crippen molar-refractivity contribution in [1.29, 1.82) is 0 Å². The summed E-state index contributed by atoms with van der Waals surface area (Å²) in [7, 11) is 0. The molecule has 0 spiro atoms. The van der Waals surface area contributed by atoms with Crippen molar-refractivity contribution in [2.75, 3.05) is 11.9 Å². The van der Waals surface area contributed by atoms with Crippen molar-refractivity contribution in [3.05, 3.63) is 24.4 Å². The fourth-order valence-corrected chi connectivity index (χ4v) is 1.67. The fourth-order valence-electron chi connectivity index (χ4n) is 1.67. The molecule has 0 aliphatic heterocycles. The molecule has 0 unspecified atom stereocenters. The van der Waals surface area contributed by atoms with Gasteiger partial charge in [-0.15, -0.1) is 0 Å². The highest BCUT2D eigenvalue weighted by atomic mass is 15.0. The average Bonchev–Trinajstić information content (AvgIpc) is 2.12. The summed E-state index contributed by atoms with van der Waals surface area (Å²) in [5.41, 5.74) is 5.69. The SMILES string of the molecule is NC1CC(CNc2ccccn2)C1. The second-order valence-electron chi connectivity index (χ2n) is 3.69. The molecule has 0 atom stereocenters. The molecule has 3 heteroatoms. The van der Waals surface area contributed by atoms with E-state index in [1.807, 2.05) is 18.2 Å². The summed E-state index contributed by atoms with van der Waals surface area (Å²) in [6.45, 7) is 1.00. The van der Waals surface area contributed by atoms with Crippen LogP contribution >= 0.6 is 0 Å². The van der Waals surface area contributed by atoms with Gasteiger partial charge >= 0.3 is 0 Å². The molecule has 3 nitrogen and oxygen atoms in total. The van der Waals surface area contributed by atoms with Gasteiger partial charge in [0.25, 0.3) is 0 Å². The number of anilines is 1. The topological polar surface area (TPSA) is 50.9 Å². The largest absolute Gasteiger partial charge is 0.370 e. The Morgan fingerprint density at radius 1 is 1.46 bits per heavy atom. The molecule has 1 aromatic heterocycles. The van der Waals surface area contributed by atoms with Gasteiger partial charge in [-0.05, 0) is 30.9 Å². The van der Waals surface area contributed by atoms with E-state index < -0.39 is 0 Å². The molecule has 1 heterocycles. The first-order chi connectivity index (χ1) is 6.34. The van der Waals surface area contributed by atoms with Gasteiger partial charge in [0.1, 0.15) is 5.82 Å². The number of aromatic nitrogens is 1. The molecule has 1 fully saturated rings. The zero-order valence-corrected chi connectivity index (χ0v) is 7.61. The Labute approximate surface area is 78.4 Å². The minimum Gasteiger partial charge on any atom is -0.370 e. The van der Waals surface area contributed by atoms with Crippen molar-refractivity contribution in [3.63, 3.8) is 0 Å². The normalized spacial score (nSPS) is 26.5. The number of hydrogen-bond acceptors (Lipinski definition) is 3. The van der Waals surface area contributed by atoms with E-state index >= 15 is 0 Å². The average molecular weight is 177 g/mol. The first kappa shape index (κ1) is 8.51. The number of rotatable bonds is 3. The van der Waals surface area contributed by atoms with Gasteiger partial charge < -0.3 is 11.1 Å². The van der Waals surface area contributed by atoms with E-state index in [9.17, 15) is 0 Å². The molecule has 70 valence electrons. The van der Waals surface area contributed by atoms with Gasteiger partial charge in [0.2, 0.25) is 0 Å². The predicted molar refractivity (Wildman–Crippen MR) is 53.4 cm³/mol. The highest BCUT2D eigenvalue weighted by Crippen LogP contribution is 2.25. The highest BCUT2D eigenvalue weighted by molar-refractivity contribution is 5.33. The maximum absolute atomic E-state index is 5.69. The Hall–Kier alpha value is -1.09. The molecule has 0 aromatic carbocycles. The van der Waals surface area contributed by atoms with Crippen molar-refractivity contribution < 1.29 is 0 Å². The van der Waals surface area contributed by atoms with Crippen LogP contribution in [0.2, 0.25) is 0 Å². The van der Waals surface area contributed by atoms with E-state index in [-0.39, 0.29) is 0 Å². The molecule has 2 rings (SSSR count). The second-order valence-corrected chi connectivity index (χ2v) is 3.69. The van der Waals surface area contributed by atoms with Gasteiger partial charge in [-0.3, -0.25) is 0 Å². The Morgan fingerprint density at radius 2 is 2.31 bits per heavy atom. The van der Waals surface area contributed by atoms with Crippen LogP contribution in [0.1, 0.15) is 12.8 Å². The monoisotopic (exact) mass is 177 g/mol. The van der Waals surface area contributed by atoms with Crippen LogP contribution in [0, 0.1) is 5.92 Å². The Bertz CT molecular complexity index is 254. The molecule has 0 amide bonds. The van der Waals surface area contributed by atoms with Crippen molar-refractivity contribution in [3.8, 4) is 0 Å². The minimum atomic E-state index is 0.440. The molecule has 1 aliphatic carbocycles. The van der Waals surface area contributed by atoms with Crippen LogP contribution in [0.15, 0.2) is 24.4 Å². The molecule has 1 aliphatic rings. The minimum absolute atomic E-state index is 0.440. The Balaban J connectivity index is 1.74. The lowest BCUT2D eigenvalue weighted by Gasteiger charge is -2.32. The number of nitrogens with two attached hydrogens (primary N) is 1. The molecule has 0 radical (unpaired) electrons. The van der Waals surface area contributed by atoms with E-state index in [4.69, 9.17) is 5.73 Å². The molecule has 0 saturated heterocycles. The van der Waals surface area contributed by atoms with Gasteiger partial charge in [0.05, 0.1) is 0 Å². The van der Waals surface area contributed by atoms with Crippen LogP contribution in [-0.4, -0.2) is 17.6 Å². The highest BCUT2D eigenvalue weighted by Gasteiger charge is 2.25. The van der Waals surface area contributed by atoms with Crippen LogP contribution in [0.5, 0.6) is 0 Å². The quantitative estimate of drug-likeness (QED) is 0.730. The number of pyridine rings is 1. The van der Waals surface area contributed by atoms with E-state index in [1.165, 1.54) is 0 Å². The summed E-state index contributed by atoms with van der Waals surface area (Å²) in [5, 5.41) is 3.30. The molecule has 3 N–H and O–H groups in total. The van der Waals surface area contributed by atoms with Crippen molar-refractivity contribution >= 4 is 5.82 Å². The van der Waals surface area contributed by atoms with E-state index in [1.54, 1.807) is 6.20 Å². The van der Waals surface area contributed by atoms with Gasteiger partial charge in [0, 0.05) is 18.8 Å². The smallest absolute Gasteiger partial charge is 0.125 e. The first-order valence-electron chi connectivity index (χ1n) is 4.75. The second kappa shape index (κ2) is 3.75. The molecule has 1 aromatic rings. The fraction of sp³-hybridized carbons (Fsp3) is 0.500. The maximum Gasteiger partial charge on any atom is 0.125 e. The Kier molecular flexibility index (Phi) is 2.45. The van der Waals surface area contributed by atoms with Crippen LogP contribution in [0.25, 0.3) is 0 Å². The maximum atomic E-state index is 5.69. The number of nitrogens with one attached hydrogen (secondary N) is 1. The zero-order chi connectivity index (χ0) is 9.10. The third kappa shape index (κ3) is 2.18. The summed E-state index contributed by atoms with van der Waals surface area (Å²) in [4.78, 5) is 4.19. The van der Waals surface area contributed by atoms with Gasteiger partial charge in [-0.1, -0.05) is 6.07 Å². The lowest BCUT2D eigenvalue weighted by Crippen LogP contribution is -2.39. The number of hydrogen-bond donors (Lipinski definition) is 2. The van der Waals surface area contributed by atoms with E-state index in [0.29, 0.717) is 6.04 Å². The third-order valence-electron chi connectivity index (χ3n) is 2.51. The number of nitrogens with zero attached hydrogens (tertiary/aromatic N) is 1. The van der Waals surface area contributed by atoms with Gasteiger partial charge in [-0.25, -0.2) is 4.98 Å². The van der Waals surface area contributed by atoms with Crippen molar-refractivity contribution in [2.24, 2.45) is 11.7 Å². The third-order valence-corrected chi connectivity index (χ3v) is 2.51. The molecule has 1 saturated carbocycles. The Morgan fingerprint density at radius 3 is 2.92 bits per heavy atom. The summed E-state index contributed by atoms with van der Waals surface area (Å²) in [6, 6.07) is 6.33. The van der Waals surface area contributed by atoms with E-state index in [2.05, 4.69) is 10.3 Å². The van der Waals surface area contributed by atoms with Crippen LogP contribution in [0.4, 0.5) is 5.82 Å². The lowest BCUT2D eigenvalue weighted by molar-refractivity contribution is 0.280. The summed E-state index contributed by atoms with van der Waals surface area (Å²) >= 11 is 0. The molecule has 13 heavy (non-hydrogen) atoms.